The predicted molar refractivity (Wildman–Crippen MR) is 145 cm³/mol. The number of aliphatic hydroxyl groups excluding tert-OH is 1. The lowest BCUT2D eigenvalue weighted by Gasteiger charge is -2.30. The number of hydrogen-bond donors (Lipinski definition) is 1. The number of carbonyl (C=O) groups is 2. The lowest BCUT2D eigenvalue weighted by atomic mass is 9.95. The highest BCUT2D eigenvalue weighted by atomic mass is 28.4. The smallest absolute Gasteiger partial charge is 0.246 e. The van der Waals surface area contributed by atoms with Gasteiger partial charge in [0.1, 0.15) is 0 Å². The molecule has 2 aromatic carbocycles. The van der Waals surface area contributed by atoms with Gasteiger partial charge >= 0.3 is 0 Å². The summed E-state index contributed by atoms with van der Waals surface area (Å²) in [5.41, 5.74) is 2.80. The second-order valence-corrected chi connectivity index (χ2v) is 14.7. The van der Waals surface area contributed by atoms with E-state index in [9.17, 15) is 14.7 Å². The maximum absolute atomic E-state index is 15.5. The van der Waals surface area contributed by atoms with Crippen LogP contribution in [0.5, 0.6) is 0 Å². The van der Waals surface area contributed by atoms with Gasteiger partial charge in [-0.3, -0.25) is 9.59 Å². The molecule has 2 saturated heterocycles. The average molecular weight is 527 g/mol. The Morgan fingerprint density at radius 3 is 2.38 bits per heavy atom. The lowest BCUT2D eigenvalue weighted by molar-refractivity contribution is -0.135. The zero-order valence-corrected chi connectivity index (χ0v) is 23.1. The molecule has 2 aliphatic rings. The minimum absolute atomic E-state index is 0.0165. The lowest BCUT2D eigenvalue weighted by Crippen LogP contribution is -2.43. The zero-order valence-electron chi connectivity index (χ0n) is 22.1. The third-order valence-electron chi connectivity index (χ3n) is 7.83. The summed E-state index contributed by atoms with van der Waals surface area (Å²) in [6, 6.07) is 17.7. The Balaban J connectivity index is 1.39. The summed E-state index contributed by atoms with van der Waals surface area (Å²) in [5, 5.41) is 9.55. The van der Waals surface area contributed by atoms with Gasteiger partial charge < -0.3 is 23.8 Å². The number of hydrogen-bond acceptors (Lipinski definition) is 4. The number of rotatable bonds is 11. The second kappa shape index (κ2) is 11.9. The first-order valence-electron chi connectivity index (χ1n) is 13.3. The summed E-state index contributed by atoms with van der Waals surface area (Å²) in [7, 11) is -3.10. The van der Waals surface area contributed by atoms with E-state index in [0.29, 0.717) is 13.0 Å². The number of ether oxygens (including phenoxy) is 1. The molecule has 0 unspecified atom stereocenters. The van der Waals surface area contributed by atoms with Crippen LogP contribution in [0.2, 0.25) is 18.6 Å². The van der Waals surface area contributed by atoms with Gasteiger partial charge in [-0.25, -0.2) is 0 Å². The number of aryl methyl sites for hydroxylation is 1. The van der Waals surface area contributed by atoms with Crippen molar-refractivity contribution in [3.05, 3.63) is 65.7 Å². The molecule has 8 heteroatoms. The minimum Gasteiger partial charge on any atom is -0.395 e. The molecule has 0 aromatic heterocycles. The molecule has 0 bridgehead atoms. The van der Waals surface area contributed by atoms with Crippen LogP contribution in [0.15, 0.2) is 54.6 Å². The molecule has 2 heterocycles. The quantitative estimate of drug-likeness (QED) is 0.261. The van der Waals surface area contributed by atoms with Crippen molar-refractivity contribution in [1.82, 2.24) is 4.90 Å². The van der Waals surface area contributed by atoms with Crippen LogP contribution in [-0.2, 0) is 27.3 Å². The Bertz CT molecular complexity index is 1060. The monoisotopic (exact) mass is 526 g/mol. The van der Waals surface area contributed by atoms with Gasteiger partial charge in [0.05, 0.1) is 25.2 Å². The Kier molecular flexibility index (Phi) is 8.82. The van der Waals surface area contributed by atoms with Gasteiger partial charge in [-0.2, -0.15) is 0 Å². The molecule has 2 aliphatic heterocycles. The van der Waals surface area contributed by atoms with Crippen LogP contribution < -0.4 is 4.90 Å². The number of amides is 2. The highest BCUT2D eigenvalue weighted by Crippen LogP contribution is 2.47. The molecule has 4 atom stereocenters. The van der Waals surface area contributed by atoms with Crippen molar-refractivity contribution in [1.29, 1.82) is 0 Å². The third-order valence-corrected chi connectivity index (χ3v) is 10.3. The normalized spacial score (nSPS) is 23.7. The van der Waals surface area contributed by atoms with Gasteiger partial charge in [-0.1, -0.05) is 49.4 Å². The molecular formula is C29H39FN2O4Si. The van der Waals surface area contributed by atoms with Crippen LogP contribution in [0.25, 0.3) is 0 Å². The summed E-state index contributed by atoms with van der Waals surface area (Å²) in [6.07, 6.45) is 1.69. The van der Waals surface area contributed by atoms with E-state index < -0.39 is 14.5 Å². The van der Waals surface area contributed by atoms with Gasteiger partial charge in [-0.15, -0.1) is 0 Å². The first-order chi connectivity index (χ1) is 17.7. The third kappa shape index (κ3) is 6.66. The largest absolute Gasteiger partial charge is 0.395 e. The van der Waals surface area contributed by atoms with E-state index >= 15 is 4.11 Å². The van der Waals surface area contributed by atoms with E-state index in [0.717, 1.165) is 36.2 Å². The molecule has 0 saturated carbocycles. The second-order valence-electron chi connectivity index (χ2n) is 10.9. The van der Waals surface area contributed by atoms with Crippen molar-refractivity contribution in [2.75, 3.05) is 24.6 Å². The highest BCUT2D eigenvalue weighted by Gasteiger charge is 2.51. The maximum Gasteiger partial charge on any atom is 0.246 e. The van der Waals surface area contributed by atoms with Crippen molar-refractivity contribution in [3.63, 3.8) is 0 Å². The minimum atomic E-state index is -3.10. The Labute approximate surface area is 220 Å². The first-order valence-corrected chi connectivity index (χ1v) is 16.3. The van der Waals surface area contributed by atoms with Crippen LogP contribution in [0, 0.1) is 5.92 Å². The fourth-order valence-corrected chi connectivity index (χ4v) is 8.38. The maximum atomic E-state index is 15.5. The SMILES string of the molecule is C[C@H]1[C@H]([Si](C)(C)F)[C@@H](CC(=O)N(CCO)Cc2ccccc2)O[C@H]1CCc1ccc(N2CCC2=O)cc1. The molecule has 1 N–H and O–H groups in total. The Hall–Kier alpha value is -2.55. The molecule has 0 aliphatic carbocycles. The first kappa shape index (κ1) is 27.5. The summed E-state index contributed by atoms with van der Waals surface area (Å²) >= 11 is 0. The number of benzene rings is 2. The molecule has 37 heavy (non-hydrogen) atoms. The Morgan fingerprint density at radius 1 is 1.11 bits per heavy atom. The van der Waals surface area contributed by atoms with Gasteiger partial charge in [0, 0.05) is 37.3 Å². The standard InChI is InChI=1S/C29H39FN2O4Si/c1-21-25(14-11-22-9-12-24(13-10-22)32-16-15-27(32)34)36-26(29(21)37(2,3)30)19-28(35)31(17-18-33)20-23-7-5-4-6-8-23/h4-10,12-13,21,25-26,29,33H,11,14-20H2,1-3H3/t21-,25+,26-,29+/m1/s1. The van der Waals surface area contributed by atoms with Crippen LogP contribution >= 0.6 is 0 Å². The summed E-state index contributed by atoms with van der Waals surface area (Å²) in [6.45, 7) is 6.77. The molecule has 2 fully saturated rings. The number of nitrogens with zero attached hydrogens (tertiary/aromatic N) is 2. The molecule has 2 amide bonds. The molecule has 0 radical (unpaired) electrons. The van der Waals surface area contributed by atoms with Crippen LogP contribution in [-0.4, -0.2) is 62.1 Å². The molecule has 0 spiro atoms. The summed E-state index contributed by atoms with van der Waals surface area (Å²) < 4.78 is 21.9. The van der Waals surface area contributed by atoms with Crippen LogP contribution in [0.1, 0.15) is 37.3 Å². The van der Waals surface area contributed by atoms with E-state index in [1.807, 2.05) is 54.6 Å². The van der Waals surface area contributed by atoms with E-state index in [1.54, 1.807) is 22.9 Å². The number of aliphatic hydroxyl groups is 1. The van der Waals surface area contributed by atoms with E-state index in [2.05, 4.69) is 6.92 Å². The van der Waals surface area contributed by atoms with Crippen LogP contribution in [0.4, 0.5) is 9.80 Å². The van der Waals surface area contributed by atoms with E-state index in [1.165, 1.54) is 0 Å². The van der Waals surface area contributed by atoms with Gasteiger partial charge in [0.25, 0.3) is 0 Å². The summed E-state index contributed by atoms with van der Waals surface area (Å²) in [4.78, 5) is 28.4. The van der Waals surface area contributed by atoms with Crippen LogP contribution in [0.3, 0.4) is 0 Å². The Morgan fingerprint density at radius 2 is 1.81 bits per heavy atom. The van der Waals surface area contributed by atoms with Crippen molar-refractivity contribution < 1.29 is 23.5 Å². The zero-order chi connectivity index (χ0) is 26.6. The number of carbonyl (C=O) groups excluding carboxylic acids is 2. The summed E-state index contributed by atoms with van der Waals surface area (Å²) in [5.74, 6) is 0.0601. The molecule has 2 aromatic rings. The topological polar surface area (TPSA) is 70.1 Å². The van der Waals surface area contributed by atoms with E-state index in [-0.39, 0.29) is 48.9 Å². The molecule has 6 nitrogen and oxygen atoms in total. The predicted octanol–water partition coefficient (Wildman–Crippen LogP) is 4.72. The molecule has 4 rings (SSSR count). The fourth-order valence-electron chi connectivity index (χ4n) is 5.83. The number of halogens is 1. The molecular weight excluding hydrogens is 487 g/mol. The van der Waals surface area contributed by atoms with Crippen molar-refractivity contribution >= 4 is 25.9 Å². The van der Waals surface area contributed by atoms with Crippen molar-refractivity contribution in [3.8, 4) is 0 Å². The van der Waals surface area contributed by atoms with Gasteiger partial charge in [0.2, 0.25) is 20.2 Å². The fraction of sp³-hybridized carbons (Fsp3) is 0.517. The number of β-lactam (4-membered cyclic amide) rings is 1. The number of anilines is 1. The average Bonchev–Trinajstić information content (AvgIpc) is 3.17. The van der Waals surface area contributed by atoms with Gasteiger partial charge in [0.15, 0.2) is 0 Å². The van der Waals surface area contributed by atoms with Gasteiger partial charge in [-0.05, 0) is 55.1 Å². The van der Waals surface area contributed by atoms with Crippen molar-refractivity contribution in [2.24, 2.45) is 5.92 Å². The van der Waals surface area contributed by atoms with E-state index in [4.69, 9.17) is 4.74 Å². The highest BCUT2D eigenvalue weighted by molar-refractivity contribution is 6.72. The molecule has 200 valence electrons. The van der Waals surface area contributed by atoms with Crippen molar-refractivity contribution in [2.45, 2.75) is 70.0 Å².